The van der Waals surface area contributed by atoms with Crippen LogP contribution in [0.15, 0.2) is 35.9 Å². The minimum absolute atomic E-state index is 0. The number of rotatable bonds is 12. The van der Waals surface area contributed by atoms with Gasteiger partial charge in [0.05, 0.1) is 30.3 Å². The number of allylic oxidation sites excluding steroid dienone is 3. The first-order valence-electron chi connectivity index (χ1n) is 21.9. The molecular formula is C47H71ClN4O12S. The molecule has 3 fully saturated rings. The van der Waals surface area contributed by atoms with E-state index in [-0.39, 0.29) is 63.0 Å². The van der Waals surface area contributed by atoms with E-state index >= 15 is 0 Å². The molecule has 16 nitrogen and oxygen atoms in total. The molecule has 6 atom stereocenters. The predicted octanol–water partition coefficient (Wildman–Crippen LogP) is 6.76. The van der Waals surface area contributed by atoms with Crippen molar-refractivity contribution in [1.82, 2.24) is 15.1 Å². The van der Waals surface area contributed by atoms with Gasteiger partial charge in [-0.05, 0) is 70.1 Å². The number of alkyl carbamates (subject to hydrolysis) is 1. The highest BCUT2D eigenvalue weighted by Crippen LogP contribution is 2.38. The average Bonchev–Trinajstić information content (AvgIpc) is 4.00. The van der Waals surface area contributed by atoms with Gasteiger partial charge in [0.15, 0.2) is 0 Å². The Kier molecular flexibility index (Phi) is 24.3. The van der Waals surface area contributed by atoms with E-state index in [2.05, 4.69) is 5.32 Å². The van der Waals surface area contributed by atoms with Crippen LogP contribution in [0.5, 0.6) is 5.75 Å². The van der Waals surface area contributed by atoms with Gasteiger partial charge < -0.3 is 48.7 Å². The van der Waals surface area contributed by atoms with E-state index < -0.39 is 35.2 Å². The summed E-state index contributed by atoms with van der Waals surface area (Å²) in [4.78, 5) is 84.9. The molecule has 65 heavy (non-hydrogen) atoms. The quantitative estimate of drug-likeness (QED) is 0.146. The molecule has 5 rings (SSSR count). The maximum Gasteiger partial charge on any atom is 0.409 e. The van der Waals surface area contributed by atoms with Crippen LogP contribution in [0.4, 0.5) is 10.5 Å². The van der Waals surface area contributed by atoms with Crippen molar-refractivity contribution in [2.45, 2.75) is 147 Å². The van der Waals surface area contributed by atoms with Gasteiger partial charge >= 0.3 is 12.1 Å². The summed E-state index contributed by atoms with van der Waals surface area (Å²) in [6, 6.07) is 2.89. The summed E-state index contributed by atoms with van der Waals surface area (Å²) in [5.74, 6) is -0.0800. The Morgan fingerprint density at radius 1 is 1.12 bits per heavy atom. The fourth-order valence-electron chi connectivity index (χ4n) is 7.85. The molecule has 4 unspecified atom stereocenters. The minimum Gasteiger partial charge on any atom is -0.495 e. The highest BCUT2D eigenvalue weighted by Gasteiger charge is 2.45. The van der Waals surface area contributed by atoms with Crippen LogP contribution in [-0.2, 0) is 44.7 Å². The summed E-state index contributed by atoms with van der Waals surface area (Å²) in [5, 5.41) is 22.3. The van der Waals surface area contributed by atoms with Crippen LogP contribution in [0.3, 0.4) is 0 Å². The second-order valence-electron chi connectivity index (χ2n) is 16.8. The van der Waals surface area contributed by atoms with Crippen LogP contribution >= 0.6 is 23.4 Å². The number of benzene rings is 1. The molecule has 4 bridgehead atoms. The molecule has 18 heteroatoms. The largest absolute Gasteiger partial charge is 0.495 e. The number of methoxy groups -OCH3 is 1. The number of hydrogen-bond donors (Lipinski definition) is 3. The van der Waals surface area contributed by atoms with Crippen LogP contribution < -0.4 is 15.0 Å². The zero-order valence-electron chi connectivity index (χ0n) is 38.2. The van der Waals surface area contributed by atoms with Crippen LogP contribution in [0.25, 0.3) is 0 Å². The number of carbonyl (C=O) groups excluding carboxylic acids is 6. The third-order valence-electron chi connectivity index (χ3n) is 11.7. The van der Waals surface area contributed by atoms with Crippen molar-refractivity contribution in [3.8, 4) is 5.75 Å². The van der Waals surface area contributed by atoms with E-state index in [0.717, 1.165) is 36.6 Å². The van der Waals surface area contributed by atoms with Gasteiger partial charge in [-0.2, -0.15) is 0 Å². The van der Waals surface area contributed by atoms with Gasteiger partial charge in [0.2, 0.25) is 17.7 Å². The van der Waals surface area contributed by atoms with Crippen LogP contribution in [0.2, 0.25) is 5.02 Å². The van der Waals surface area contributed by atoms with Crippen molar-refractivity contribution in [2.24, 2.45) is 5.92 Å². The Hall–Kier alpha value is -4.45. The molecule has 0 aromatic heterocycles. The van der Waals surface area contributed by atoms with Gasteiger partial charge in [-0.3, -0.25) is 19.7 Å². The number of epoxide rings is 1. The average molecular weight is 952 g/mol. The summed E-state index contributed by atoms with van der Waals surface area (Å²) in [5.41, 5.74) is 1.25. The fraction of sp³-hybridized carbons (Fsp3) is 0.638. The monoisotopic (exact) mass is 950 g/mol. The molecule has 1 aromatic rings. The standard InChI is InChI=1S/C25H31ClN2O6.C19H32N2O5S.C2H4O.CH4/c1-15-6-4-5-9-25(31)14-17(33-24(30)27-25)13-20-19(34-20)7-8-22(29)28(2)18-11-16(10-15)12-21(32-3)23(18)26;1-14(19(25)26)21(3)17(23)10-12-27-16(9-11-22)18(24)20(2)13-15-7-5-4-6-8-15;1-2-3;/h4-6,11-12,17,19-20,31H,7-10,13-14H2,1-3H3,(H,27,30);11,14-16H,4-10,12-13H2,1-3H3,(H,25,26);2H,1H3;1H4/b5-4+,15-6+;;;/t17?,19?,20?,25-;14-,16?;;/m10../s1. The number of thioether (sulfide) groups is 1. The van der Waals surface area contributed by atoms with Gasteiger partial charge in [0, 0.05) is 72.0 Å². The molecule has 1 saturated carbocycles. The number of ether oxygens (including phenoxy) is 3. The van der Waals surface area contributed by atoms with E-state index in [0.29, 0.717) is 60.4 Å². The molecule has 0 radical (unpaired) electrons. The Morgan fingerprint density at radius 3 is 2.43 bits per heavy atom. The molecule has 1 aliphatic carbocycles. The number of carboxylic acid groups (broad SMARTS) is 1. The topological polar surface area (TPSA) is 213 Å². The molecule has 4 aliphatic rings. The Labute approximate surface area is 393 Å². The Balaban J connectivity index is 0.000000426. The zero-order valence-corrected chi connectivity index (χ0v) is 39.8. The van der Waals surface area contributed by atoms with Gasteiger partial charge in [-0.1, -0.05) is 62.1 Å². The number of aliphatic hydroxyl groups is 1. The zero-order chi connectivity index (χ0) is 47.6. The summed E-state index contributed by atoms with van der Waals surface area (Å²) in [6.07, 6.45) is 14.6. The number of aliphatic carboxylic acids is 1. The van der Waals surface area contributed by atoms with E-state index in [1.807, 2.05) is 37.3 Å². The fourth-order valence-corrected chi connectivity index (χ4v) is 9.28. The van der Waals surface area contributed by atoms with Crippen molar-refractivity contribution in [3.63, 3.8) is 0 Å². The van der Waals surface area contributed by atoms with Crippen molar-refractivity contribution < 1.29 is 58.0 Å². The van der Waals surface area contributed by atoms with E-state index in [4.69, 9.17) is 35.7 Å². The molecule has 3 heterocycles. The molecule has 3 aliphatic heterocycles. The van der Waals surface area contributed by atoms with Crippen LogP contribution in [-0.4, -0.2) is 138 Å². The molecular weight excluding hydrogens is 880 g/mol. The number of aldehydes is 2. The first-order valence-corrected chi connectivity index (χ1v) is 23.3. The summed E-state index contributed by atoms with van der Waals surface area (Å²) in [7, 11) is 6.50. The highest BCUT2D eigenvalue weighted by molar-refractivity contribution is 8.00. The van der Waals surface area contributed by atoms with E-state index in [9.17, 15) is 33.9 Å². The third-order valence-corrected chi connectivity index (χ3v) is 13.3. The number of carbonyl (C=O) groups is 7. The van der Waals surface area contributed by atoms with E-state index in [1.165, 1.54) is 56.8 Å². The smallest absolute Gasteiger partial charge is 0.409 e. The van der Waals surface area contributed by atoms with Crippen LogP contribution in [0, 0.1) is 5.92 Å². The summed E-state index contributed by atoms with van der Waals surface area (Å²) < 4.78 is 16.5. The second kappa shape index (κ2) is 27.9. The maximum absolute atomic E-state index is 12.9. The number of amides is 4. The summed E-state index contributed by atoms with van der Waals surface area (Å²) in [6.45, 7) is 5.61. The number of fused-ring (bicyclic) bond motifs is 5. The number of hydrogen-bond acceptors (Lipinski definition) is 12. The molecule has 0 spiro atoms. The van der Waals surface area contributed by atoms with E-state index in [1.54, 1.807) is 31.0 Å². The van der Waals surface area contributed by atoms with Gasteiger partial charge in [0.1, 0.15) is 41.2 Å². The Bertz CT molecular complexity index is 1840. The van der Waals surface area contributed by atoms with Gasteiger partial charge in [-0.15, -0.1) is 11.8 Å². The third kappa shape index (κ3) is 18.4. The molecule has 4 amide bonds. The number of anilines is 1. The van der Waals surface area contributed by atoms with Crippen molar-refractivity contribution in [1.29, 1.82) is 0 Å². The lowest BCUT2D eigenvalue weighted by Gasteiger charge is -2.36. The second-order valence-corrected chi connectivity index (χ2v) is 18.5. The lowest BCUT2D eigenvalue weighted by molar-refractivity contribution is -0.148. The molecule has 3 N–H and O–H groups in total. The molecule has 2 saturated heterocycles. The number of likely N-dealkylation sites (N-methyl/N-ethyl adjacent to an activating group) is 1. The summed E-state index contributed by atoms with van der Waals surface area (Å²) >= 11 is 7.83. The number of carboxylic acids is 1. The van der Waals surface area contributed by atoms with Gasteiger partial charge in [0.25, 0.3) is 0 Å². The molecule has 364 valence electrons. The predicted molar refractivity (Wildman–Crippen MR) is 252 cm³/mol. The van der Waals surface area contributed by atoms with Crippen molar-refractivity contribution in [3.05, 3.63) is 46.5 Å². The van der Waals surface area contributed by atoms with Crippen LogP contribution in [0.1, 0.15) is 111 Å². The minimum atomic E-state index is -1.37. The normalized spacial score (nSPS) is 24.3. The van der Waals surface area contributed by atoms with Crippen molar-refractivity contribution >= 4 is 71.4 Å². The maximum atomic E-state index is 12.9. The molecule has 1 aromatic carbocycles. The Morgan fingerprint density at radius 2 is 1.80 bits per heavy atom. The first-order chi connectivity index (χ1) is 30.4. The lowest BCUT2D eigenvalue weighted by Crippen LogP contribution is -2.56. The first kappa shape index (κ1) is 56.7. The van der Waals surface area contributed by atoms with Gasteiger partial charge in [-0.25, -0.2) is 9.59 Å². The number of halogens is 1. The SMILES string of the molecule is C.CC=O.COc1cc2cc(c1Cl)N(C)C(=O)CCC1OC1CC1C[C@](O)(C/C=C/C=C(\C)C2)NC(=O)O1.C[C@@H](C(=O)O)N(C)C(=O)CCSC(CC=O)C(=O)N(C)CC1CCCCC1. The number of nitrogens with one attached hydrogen (secondary N) is 1. The highest BCUT2D eigenvalue weighted by atomic mass is 35.5. The lowest BCUT2D eigenvalue weighted by atomic mass is 9.89. The van der Waals surface area contributed by atoms with Crippen molar-refractivity contribution in [2.75, 3.05) is 45.5 Å². The number of nitrogens with zero attached hydrogens (tertiary/aromatic N) is 3.